The molecule has 2 heterocycles. The zero-order valence-electron chi connectivity index (χ0n) is 13.3. The van der Waals surface area contributed by atoms with E-state index in [9.17, 15) is 4.79 Å². The Balaban J connectivity index is 0.00000116. The Labute approximate surface area is 143 Å². The molecule has 2 aromatic rings. The van der Waals surface area contributed by atoms with Gasteiger partial charge in [-0.05, 0) is 42.8 Å². The molecule has 0 aromatic carbocycles. The Bertz CT molecular complexity index is 623. The fraction of sp³-hybridized carbons (Fsp3) is 0.400. The Hall–Kier alpha value is -1.47. The molecule has 0 fully saturated rings. The van der Waals surface area contributed by atoms with Gasteiger partial charge in [0.2, 0.25) is 0 Å². The van der Waals surface area contributed by atoms with Crippen molar-refractivity contribution in [1.82, 2.24) is 9.97 Å². The van der Waals surface area contributed by atoms with Gasteiger partial charge in [-0.3, -0.25) is 10.3 Å². The van der Waals surface area contributed by atoms with Gasteiger partial charge >= 0.3 is 6.09 Å². The monoisotopic (exact) mass is 385 g/mol. The number of amides is 1. The van der Waals surface area contributed by atoms with Crippen LogP contribution in [0.2, 0.25) is 0 Å². The van der Waals surface area contributed by atoms with Crippen LogP contribution in [-0.4, -0.2) is 21.7 Å². The summed E-state index contributed by atoms with van der Waals surface area (Å²) in [5.74, 6) is 0. The number of ether oxygens (including phenoxy) is 1. The van der Waals surface area contributed by atoms with E-state index in [2.05, 4.69) is 31.2 Å². The topological polar surface area (TPSA) is 64.1 Å². The normalized spacial score (nSPS) is 10.5. The third kappa shape index (κ3) is 5.73. The number of anilines is 1. The van der Waals surface area contributed by atoms with E-state index >= 15 is 0 Å². The number of aromatic nitrogens is 2. The fourth-order valence-corrected chi connectivity index (χ4v) is 2.86. The number of pyridine rings is 1. The SMILES string of the molecule is CC.CC(C)(C)OC(=O)Nc1ncc(-c2ccncc2Br)s1. The van der Waals surface area contributed by atoms with E-state index in [4.69, 9.17) is 4.74 Å². The molecule has 0 radical (unpaired) electrons. The second kappa shape index (κ2) is 8.24. The second-order valence-corrected chi connectivity index (χ2v) is 6.90. The largest absolute Gasteiger partial charge is 0.444 e. The number of nitrogens with zero attached hydrogens (tertiary/aromatic N) is 2. The van der Waals surface area contributed by atoms with Gasteiger partial charge in [0.05, 0.1) is 4.88 Å². The minimum atomic E-state index is -0.529. The summed E-state index contributed by atoms with van der Waals surface area (Å²) in [5.41, 5.74) is 0.452. The third-order valence-electron chi connectivity index (χ3n) is 2.15. The average molecular weight is 386 g/mol. The van der Waals surface area contributed by atoms with Gasteiger partial charge in [0.25, 0.3) is 0 Å². The lowest BCUT2D eigenvalue weighted by molar-refractivity contribution is 0.0636. The first kappa shape index (κ1) is 18.6. The number of carbonyl (C=O) groups excluding carboxylic acids is 1. The maximum Gasteiger partial charge on any atom is 0.413 e. The number of hydrogen-bond acceptors (Lipinski definition) is 5. The molecule has 120 valence electrons. The number of nitrogens with one attached hydrogen (secondary N) is 1. The lowest BCUT2D eigenvalue weighted by Crippen LogP contribution is -2.27. The number of thiazole rings is 1. The highest BCUT2D eigenvalue weighted by molar-refractivity contribution is 9.10. The molecule has 0 bridgehead atoms. The van der Waals surface area contributed by atoms with Gasteiger partial charge in [0.1, 0.15) is 5.60 Å². The van der Waals surface area contributed by atoms with Crippen LogP contribution in [0.3, 0.4) is 0 Å². The minimum absolute atomic E-state index is 0.498. The summed E-state index contributed by atoms with van der Waals surface area (Å²) in [7, 11) is 0. The quantitative estimate of drug-likeness (QED) is 0.757. The molecule has 0 aliphatic carbocycles. The molecule has 0 atom stereocenters. The molecule has 0 saturated carbocycles. The van der Waals surface area contributed by atoms with E-state index in [0.29, 0.717) is 5.13 Å². The van der Waals surface area contributed by atoms with Crippen molar-refractivity contribution in [3.8, 4) is 10.4 Å². The molecule has 0 spiro atoms. The molecule has 0 saturated heterocycles. The van der Waals surface area contributed by atoms with E-state index in [1.165, 1.54) is 11.3 Å². The van der Waals surface area contributed by atoms with Gasteiger partial charge in [-0.2, -0.15) is 0 Å². The van der Waals surface area contributed by atoms with E-state index in [1.54, 1.807) is 18.6 Å². The Morgan fingerprint density at radius 2 is 2.00 bits per heavy atom. The van der Waals surface area contributed by atoms with Crippen LogP contribution < -0.4 is 5.32 Å². The first-order valence-corrected chi connectivity index (χ1v) is 8.52. The lowest BCUT2D eigenvalue weighted by Gasteiger charge is -2.18. The summed E-state index contributed by atoms with van der Waals surface area (Å²) in [6.45, 7) is 9.44. The highest BCUT2D eigenvalue weighted by atomic mass is 79.9. The van der Waals surface area contributed by atoms with E-state index < -0.39 is 11.7 Å². The highest BCUT2D eigenvalue weighted by Crippen LogP contribution is 2.33. The lowest BCUT2D eigenvalue weighted by atomic mass is 10.2. The van der Waals surface area contributed by atoms with Crippen molar-refractivity contribution < 1.29 is 9.53 Å². The van der Waals surface area contributed by atoms with E-state index in [0.717, 1.165) is 14.9 Å². The molecule has 0 unspecified atom stereocenters. The smallest absolute Gasteiger partial charge is 0.413 e. The molecule has 1 amide bonds. The summed E-state index contributed by atoms with van der Waals surface area (Å²) in [6.07, 6.45) is 4.63. The van der Waals surface area contributed by atoms with Crippen LogP contribution >= 0.6 is 27.3 Å². The molecule has 0 aliphatic heterocycles. The van der Waals surface area contributed by atoms with Crippen LogP contribution in [0.4, 0.5) is 9.93 Å². The molecule has 5 nitrogen and oxygen atoms in total. The van der Waals surface area contributed by atoms with Crippen molar-refractivity contribution in [2.24, 2.45) is 0 Å². The summed E-state index contributed by atoms with van der Waals surface area (Å²) >= 11 is 4.81. The second-order valence-electron chi connectivity index (χ2n) is 5.01. The molecular weight excluding hydrogens is 366 g/mol. The van der Waals surface area contributed by atoms with Crippen molar-refractivity contribution in [3.05, 3.63) is 29.1 Å². The molecule has 0 aliphatic rings. The summed E-state index contributed by atoms with van der Waals surface area (Å²) in [6, 6.07) is 1.88. The van der Waals surface area contributed by atoms with Gasteiger partial charge in [0.15, 0.2) is 5.13 Å². The number of hydrogen-bond donors (Lipinski definition) is 1. The number of carbonyl (C=O) groups is 1. The molecular formula is C15H20BrN3O2S. The molecule has 22 heavy (non-hydrogen) atoms. The van der Waals surface area contributed by atoms with Crippen molar-refractivity contribution in [1.29, 1.82) is 0 Å². The van der Waals surface area contributed by atoms with Gasteiger partial charge in [-0.15, -0.1) is 0 Å². The Kier molecular flexibility index (Phi) is 6.96. The predicted molar refractivity (Wildman–Crippen MR) is 94.2 cm³/mol. The van der Waals surface area contributed by atoms with Crippen molar-refractivity contribution in [3.63, 3.8) is 0 Å². The molecule has 2 aromatic heterocycles. The van der Waals surface area contributed by atoms with E-state index in [1.807, 2.05) is 40.7 Å². The molecule has 7 heteroatoms. The predicted octanol–water partition coefficient (Wildman–Crippen LogP) is 5.34. The van der Waals surface area contributed by atoms with Crippen LogP contribution in [0.15, 0.2) is 29.1 Å². The fourth-order valence-electron chi connectivity index (χ4n) is 1.42. The average Bonchev–Trinajstić information content (AvgIpc) is 2.87. The minimum Gasteiger partial charge on any atom is -0.444 e. The summed E-state index contributed by atoms with van der Waals surface area (Å²) in [5, 5.41) is 3.12. The maximum atomic E-state index is 11.7. The van der Waals surface area contributed by atoms with Gasteiger partial charge in [0, 0.05) is 28.6 Å². The first-order valence-electron chi connectivity index (χ1n) is 6.91. The summed E-state index contributed by atoms with van der Waals surface area (Å²) in [4.78, 5) is 20.8. The number of halogens is 1. The van der Waals surface area contributed by atoms with Crippen LogP contribution in [-0.2, 0) is 4.74 Å². The van der Waals surface area contributed by atoms with Crippen molar-refractivity contribution in [2.45, 2.75) is 40.2 Å². The van der Waals surface area contributed by atoms with Crippen LogP contribution in [0, 0.1) is 0 Å². The molecule has 2 rings (SSSR count). The van der Waals surface area contributed by atoms with Crippen LogP contribution in [0.5, 0.6) is 0 Å². The van der Waals surface area contributed by atoms with Crippen molar-refractivity contribution >= 4 is 38.5 Å². The third-order valence-corrected chi connectivity index (χ3v) is 3.73. The Morgan fingerprint density at radius 1 is 1.32 bits per heavy atom. The highest BCUT2D eigenvalue weighted by Gasteiger charge is 2.17. The van der Waals surface area contributed by atoms with Gasteiger partial charge in [-0.25, -0.2) is 9.78 Å². The van der Waals surface area contributed by atoms with Gasteiger partial charge < -0.3 is 4.74 Å². The van der Waals surface area contributed by atoms with Gasteiger partial charge in [-0.1, -0.05) is 25.2 Å². The summed E-state index contributed by atoms with van der Waals surface area (Å²) < 4.78 is 6.06. The van der Waals surface area contributed by atoms with Crippen LogP contribution in [0.1, 0.15) is 34.6 Å². The van der Waals surface area contributed by atoms with E-state index in [-0.39, 0.29) is 0 Å². The zero-order chi connectivity index (χ0) is 16.8. The number of rotatable bonds is 2. The van der Waals surface area contributed by atoms with Crippen molar-refractivity contribution in [2.75, 3.05) is 5.32 Å². The standard InChI is InChI=1S/C13H14BrN3O2S.C2H6/c1-13(2,3)19-12(18)17-11-16-7-10(20-11)8-4-5-15-6-9(8)14;1-2/h4-7H,1-3H3,(H,16,17,18);1-2H3. The first-order chi connectivity index (χ1) is 10.3. The Morgan fingerprint density at radius 3 is 2.59 bits per heavy atom. The van der Waals surface area contributed by atoms with Crippen LogP contribution in [0.25, 0.3) is 10.4 Å². The molecule has 1 N–H and O–H groups in total. The maximum absolute atomic E-state index is 11.7. The zero-order valence-corrected chi connectivity index (χ0v) is 15.7.